The second-order valence-corrected chi connectivity index (χ2v) is 15.2. The Morgan fingerprint density at radius 3 is 1.45 bits per heavy atom. The third kappa shape index (κ3) is 4.80. The first-order valence-electron chi connectivity index (χ1n) is 19.8. The van der Waals surface area contributed by atoms with Crippen molar-refractivity contribution >= 4 is 39.0 Å². The fourth-order valence-electron chi connectivity index (χ4n) is 9.52. The summed E-state index contributed by atoms with van der Waals surface area (Å²) in [5, 5.41) is 2.23. The molecule has 0 N–H and O–H groups in total. The fourth-order valence-corrected chi connectivity index (χ4v) is 9.52. The van der Waals surface area contributed by atoms with Gasteiger partial charge in [-0.05, 0) is 111 Å². The number of para-hydroxylation sites is 3. The third-order valence-corrected chi connectivity index (χ3v) is 12.1. The van der Waals surface area contributed by atoms with Gasteiger partial charge in [-0.25, -0.2) is 0 Å². The minimum atomic E-state index is -0.718. The second-order valence-electron chi connectivity index (χ2n) is 15.2. The maximum Gasteiger partial charge on any atom is 0.135 e. The van der Waals surface area contributed by atoms with Gasteiger partial charge in [0.15, 0.2) is 0 Å². The van der Waals surface area contributed by atoms with Crippen molar-refractivity contribution in [3.63, 3.8) is 0 Å². The zero-order chi connectivity index (χ0) is 38.2. The molecule has 3 heterocycles. The van der Waals surface area contributed by atoms with E-state index in [4.69, 9.17) is 9.15 Å². The van der Waals surface area contributed by atoms with Gasteiger partial charge in [0.2, 0.25) is 0 Å². The number of benzene rings is 9. The van der Waals surface area contributed by atoms with Crippen LogP contribution in [0.15, 0.2) is 217 Å². The lowest BCUT2D eigenvalue weighted by molar-refractivity contribution is 0.434. The molecule has 58 heavy (non-hydrogen) atoms. The Labute approximate surface area is 336 Å². The van der Waals surface area contributed by atoms with Gasteiger partial charge < -0.3 is 14.1 Å². The van der Waals surface area contributed by atoms with Crippen molar-refractivity contribution < 1.29 is 9.15 Å². The van der Waals surface area contributed by atoms with E-state index in [1.807, 2.05) is 12.1 Å². The van der Waals surface area contributed by atoms with E-state index in [0.29, 0.717) is 0 Å². The highest BCUT2D eigenvalue weighted by molar-refractivity contribution is 6.06. The number of anilines is 3. The molecule has 9 aromatic carbocycles. The van der Waals surface area contributed by atoms with Gasteiger partial charge in [0.1, 0.15) is 22.7 Å². The molecule has 272 valence electrons. The summed E-state index contributed by atoms with van der Waals surface area (Å²) in [6.07, 6.45) is 0. The highest BCUT2D eigenvalue weighted by Gasteiger charge is 2.51. The summed E-state index contributed by atoms with van der Waals surface area (Å²) in [7, 11) is 0. The predicted octanol–water partition coefficient (Wildman–Crippen LogP) is 14.9. The molecule has 0 bridgehead atoms. The van der Waals surface area contributed by atoms with E-state index in [9.17, 15) is 0 Å². The summed E-state index contributed by atoms with van der Waals surface area (Å²) in [6, 6.07) is 76.4. The molecular formula is C55H35NO2. The van der Waals surface area contributed by atoms with Gasteiger partial charge in [0, 0.05) is 27.6 Å². The average Bonchev–Trinajstić information content (AvgIpc) is 3.67. The normalized spacial score (nSPS) is 13.4. The maximum atomic E-state index is 6.79. The van der Waals surface area contributed by atoms with Gasteiger partial charge in [-0.15, -0.1) is 0 Å². The number of ether oxygens (including phenoxy) is 1. The van der Waals surface area contributed by atoms with Crippen molar-refractivity contribution in [2.75, 3.05) is 4.90 Å². The van der Waals surface area contributed by atoms with Gasteiger partial charge in [-0.1, -0.05) is 146 Å². The molecule has 1 aromatic heterocycles. The average molecular weight is 742 g/mol. The van der Waals surface area contributed by atoms with Gasteiger partial charge in [0.05, 0.1) is 16.8 Å². The highest BCUT2D eigenvalue weighted by Crippen LogP contribution is 2.63. The van der Waals surface area contributed by atoms with Crippen LogP contribution in [-0.4, -0.2) is 0 Å². The topological polar surface area (TPSA) is 25.6 Å². The summed E-state index contributed by atoms with van der Waals surface area (Å²) in [5.74, 6) is 1.72. The Balaban J connectivity index is 1.17. The largest absolute Gasteiger partial charge is 0.457 e. The van der Waals surface area contributed by atoms with Crippen LogP contribution in [0.4, 0.5) is 17.1 Å². The smallest absolute Gasteiger partial charge is 0.135 e. The minimum absolute atomic E-state index is 0.718. The molecule has 10 aromatic rings. The molecule has 2 aliphatic heterocycles. The van der Waals surface area contributed by atoms with E-state index in [-0.39, 0.29) is 0 Å². The standard InChI is InChI=1S/C55H35NO2/c1-3-13-36(14-4-1)38-23-28-42(29-24-38)56-49-30-25-40(37-15-5-2-6-16-37)34-47(49)55(45-18-8-11-21-53(45)58-54-22-12-9-19-46(54)55)48-35-41(26-31-50(48)56)39-27-32-52-44(33-39)43-17-7-10-20-51(43)57-52/h1-35H. The Morgan fingerprint density at radius 2 is 0.793 bits per heavy atom. The molecule has 3 heteroatoms. The molecule has 0 saturated heterocycles. The van der Waals surface area contributed by atoms with Gasteiger partial charge in [-0.2, -0.15) is 0 Å². The van der Waals surface area contributed by atoms with Crippen LogP contribution in [0, 0.1) is 0 Å². The number of fused-ring (bicyclic) bond motifs is 11. The van der Waals surface area contributed by atoms with E-state index < -0.39 is 5.41 Å². The molecular weight excluding hydrogens is 707 g/mol. The molecule has 0 aliphatic carbocycles. The Bertz CT molecular complexity index is 3150. The summed E-state index contributed by atoms with van der Waals surface area (Å²) >= 11 is 0. The Kier molecular flexibility index (Phi) is 7.14. The molecule has 3 nitrogen and oxygen atoms in total. The Morgan fingerprint density at radius 1 is 0.328 bits per heavy atom. The monoisotopic (exact) mass is 741 g/mol. The lowest BCUT2D eigenvalue weighted by Crippen LogP contribution is -2.39. The van der Waals surface area contributed by atoms with E-state index in [1.165, 1.54) is 27.8 Å². The number of rotatable bonds is 4. The summed E-state index contributed by atoms with van der Waals surface area (Å²) < 4.78 is 13.1. The van der Waals surface area contributed by atoms with E-state index >= 15 is 0 Å². The number of nitrogens with zero attached hydrogens (tertiary/aromatic N) is 1. The van der Waals surface area contributed by atoms with Crippen LogP contribution in [0.25, 0.3) is 55.3 Å². The van der Waals surface area contributed by atoms with Gasteiger partial charge in [-0.3, -0.25) is 0 Å². The molecule has 0 unspecified atom stereocenters. The van der Waals surface area contributed by atoms with Crippen LogP contribution in [0.5, 0.6) is 11.5 Å². The second kappa shape index (κ2) is 12.7. The van der Waals surface area contributed by atoms with Crippen molar-refractivity contribution in [1.29, 1.82) is 0 Å². The molecule has 0 atom stereocenters. The maximum absolute atomic E-state index is 6.79. The minimum Gasteiger partial charge on any atom is -0.457 e. The number of hydrogen-bond donors (Lipinski definition) is 0. The number of furan rings is 1. The lowest BCUT2D eigenvalue weighted by atomic mass is 9.60. The van der Waals surface area contributed by atoms with Crippen molar-refractivity contribution in [1.82, 2.24) is 0 Å². The van der Waals surface area contributed by atoms with Crippen LogP contribution >= 0.6 is 0 Å². The summed E-state index contributed by atoms with van der Waals surface area (Å²) in [6.45, 7) is 0. The van der Waals surface area contributed by atoms with E-state index in [1.54, 1.807) is 0 Å². The van der Waals surface area contributed by atoms with Gasteiger partial charge >= 0.3 is 0 Å². The molecule has 0 fully saturated rings. The third-order valence-electron chi connectivity index (χ3n) is 12.1. The molecule has 12 rings (SSSR count). The Hall–Kier alpha value is -7.62. The zero-order valence-corrected chi connectivity index (χ0v) is 31.5. The van der Waals surface area contributed by atoms with Crippen LogP contribution in [0.3, 0.4) is 0 Å². The molecule has 0 radical (unpaired) electrons. The predicted molar refractivity (Wildman–Crippen MR) is 237 cm³/mol. The first-order valence-corrected chi connectivity index (χ1v) is 19.8. The number of hydrogen-bond acceptors (Lipinski definition) is 3. The summed E-state index contributed by atoms with van der Waals surface area (Å²) in [5.41, 5.74) is 16.0. The van der Waals surface area contributed by atoms with Crippen LogP contribution in [0.2, 0.25) is 0 Å². The molecule has 0 saturated carbocycles. The van der Waals surface area contributed by atoms with Gasteiger partial charge in [0.25, 0.3) is 0 Å². The quantitative estimate of drug-likeness (QED) is 0.180. The SMILES string of the molecule is c1ccc(-c2ccc(N3c4ccc(-c5ccccc5)cc4C4(c5ccccc5Oc5ccccc54)c4cc(-c5ccc6oc7ccccc7c6c5)ccc43)cc2)cc1. The van der Waals surface area contributed by atoms with Crippen LogP contribution < -0.4 is 9.64 Å². The molecule has 1 spiro atoms. The molecule has 0 amide bonds. The van der Waals surface area contributed by atoms with E-state index in [0.717, 1.165) is 78.3 Å². The van der Waals surface area contributed by atoms with Crippen molar-refractivity contribution in [3.8, 4) is 44.9 Å². The van der Waals surface area contributed by atoms with Crippen LogP contribution in [-0.2, 0) is 5.41 Å². The van der Waals surface area contributed by atoms with Crippen LogP contribution in [0.1, 0.15) is 22.3 Å². The lowest BCUT2D eigenvalue weighted by Gasteiger charge is -2.49. The van der Waals surface area contributed by atoms with Crippen molar-refractivity contribution in [3.05, 3.63) is 235 Å². The van der Waals surface area contributed by atoms with Crippen molar-refractivity contribution in [2.24, 2.45) is 0 Å². The summed E-state index contributed by atoms with van der Waals surface area (Å²) in [4.78, 5) is 2.46. The molecule has 2 aliphatic rings. The highest BCUT2D eigenvalue weighted by atomic mass is 16.5. The first-order chi connectivity index (χ1) is 28.7. The zero-order valence-electron chi connectivity index (χ0n) is 31.5. The van der Waals surface area contributed by atoms with Crippen molar-refractivity contribution in [2.45, 2.75) is 5.41 Å². The fraction of sp³-hybridized carbons (Fsp3) is 0.0182. The first kappa shape index (κ1) is 32.6. The van der Waals surface area contributed by atoms with E-state index in [2.05, 4.69) is 205 Å².